The van der Waals surface area contributed by atoms with Crippen LogP contribution in [0.15, 0.2) is 79.1 Å². The molecule has 5 aromatic rings. The molecule has 0 aliphatic rings. The first-order valence-electron chi connectivity index (χ1n) is 13.0. The highest BCUT2D eigenvalue weighted by Crippen LogP contribution is 2.31. The van der Waals surface area contributed by atoms with Crippen LogP contribution in [0, 0.1) is 24.4 Å². The van der Waals surface area contributed by atoms with E-state index in [0.717, 1.165) is 28.1 Å². The quantitative estimate of drug-likeness (QED) is 0.221. The van der Waals surface area contributed by atoms with E-state index in [1.807, 2.05) is 25.1 Å². The second-order valence-corrected chi connectivity index (χ2v) is 9.80. The molecule has 0 radical (unpaired) electrons. The van der Waals surface area contributed by atoms with Crippen LogP contribution in [0.25, 0.3) is 22.0 Å². The molecule has 0 saturated carbocycles. The lowest BCUT2D eigenvalue weighted by Gasteiger charge is -2.22. The highest BCUT2D eigenvalue weighted by Gasteiger charge is 2.23. The molecule has 0 saturated heterocycles. The number of rotatable bonds is 8. The zero-order valence-corrected chi connectivity index (χ0v) is 22.4. The van der Waals surface area contributed by atoms with Crippen molar-refractivity contribution in [3.8, 4) is 11.1 Å². The first-order chi connectivity index (χ1) is 19.7. The van der Waals surface area contributed by atoms with Crippen molar-refractivity contribution in [1.29, 1.82) is 0 Å². The molecule has 0 aliphatic carbocycles. The van der Waals surface area contributed by atoms with Gasteiger partial charge in [-0.25, -0.2) is 13.2 Å². The normalized spacial score (nSPS) is 11.8. The lowest BCUT2D eigenvalue weighted by molar-refractivity contribution is -0.121. The van der Waals surface area contributed by atoms with Gasteiger partial charge in [0, 0.05) is 42.0 Å². The van der Waals surface area contributed by atoms with Gasteiger partial charge in [-0.1, -0.05) is 24.3 Å². The lowest BCUT2D eigenvalue weighted by Crippen LogP contribution is -2.32. The summed E-state index contributed by atoms with van der Waals surface area (Å²) < 4.78 is 42.6. The highest BCUT2D eigenvalue weighted by molar-refractivity contribution is 5.95. The van der Waals surface area contributed by atoms with Gasteiger partial charge < -0.3 is 15.6 Å². The van der Waals surface area contributed by atoms with Crippen molar-refractivity contribution < 1.29 is 22.8 Å². The maximum absolute atomic E-state index is 14.4. The summed E-state index contributed by atoms with van der Waals surface area (Å²) in [6.07, 6.45) is 3.41. The highest BCUT2D eigenvalue weighted by atomic mass is 19.1. The van der Waals surface area contributed by atoms with Crippen LogP contribution in [-0.4, -0.2) is 28.8 Å². The molecular weight excluding hydrogens is 529 g/mol. The Labute approximate surface area is 234 Å². The number of hydrogen-bond donors (Lipinski definition) is 3. The minimum absolute atomic E-state index is 0.0286. The zero-order chi connectivity index (χ0) is 29.1. The fourth-order valence-corrected chi connectivity index (χ4v) is 5.13. The van der Waals surface area contributed by atoms with Gasteiger partial charge in [0.2, 0.25) is 5.91 Å². The Bertz CT molecular complexity index is 1750. The fraction of sp³-hybridized carbons (Fsp3) is 0.156. The number of H-pyrrole nitrogens is 1. The molecule has 5 rings (SSSR count). The summed E-state index contributed by atoms with van der Waals surface area (Å²) in [4.78, 5) is 33.4. The summed E-state index contributed by atoms with van der Waals surface area (Å²) in [5.74, 6) is -3.09. The van der Waals surface area contributed by atoms with Crippen molar-refractivity contribution in [2.24, 2.45) is 0 Å². The average Bonchev–Trinajstić information content (AvgIpc) is 3.35. The van der Waals surface area contributed by atoms with Gasteiger partial charge in [0.1, 0.15) is 17.5 Å². The van der Waals surface area contributed by atoms with E-state index >= 15 is 0 Å². The number of aromatic nitrogens is 2. The number of fused-ring (bicyclic) bond motifs is 1. The monoisotopic (exact) mass is 556 g/mol. The largest absolute Gasteiger partial charge is 0.361 e. The van der Waals surface area contributed by atoms with Gasteiger partial charge in [-0.2, -0.15) is 0 Å². The predicted octanol–water partition coefficient (Wildman–Crippen LogP) is 5.96. The molecule has 0 fully saturated rings. The number of pyridine rings is 1. The Morgan fingerprint density at radius 3 is 2.51 bits per heavy atom. The Hall–Kier alpha value is -4.92. The number of benzene rings is 3. The van der Waals surface area contributed by atoms with Crippen LogP contribution >= 0.6 is 0 Å². The minimum Gasteiger partial charge on any atom is -0.361 e. The van der Waals surface area contributed by atoms with Gasteiger partial charge in [0.25, 0.3) is 5.91 Å². The SMILES string of the molecule is CNC(=O)c1cc(-c2cccnc2[C@H](Cc2cc(F)cc(F)c2)NC(=O)Cc2c[nH]c3cccc(C)c23)ccc1F. The van der Waals surface area contributed by atoms with E-state index in [1.54, 1.807) is 18.3 Å². The summed E-state index contributed by atoms with van der Waals surface area (Å²) in [6, 6.07) is 15.7. The van der Waals surface area contributed by atoms with E-state index < -0.39 is 29.4 Å². The van der Waals surface area contributed by atoms with Crippen molar-refractivity contribution in [3.05, 3.63) is 125 Å². The molecular formula is C32H27F3N4O2. The Morgan fingerprint density at radius 2 is 1.76 bits per heavy atom. The number of nitrogens with zero attached hydrogens (tertiary/aromatic N) is 1. The van der Waals surface area contributed by atoms with Crippen LogP contribution < -0.4 is 10.6 Å². The van der Waals surface area contributed by atoms with Gasteiger partial charge >= 0.3 is 0 Å². The Kier molecular flexibility index (Phi) is 7.87. The Balaban J connectivity index is 1.54. The van der Waals surface area contributed by atoms with E-state index in [4.69, 9.17) is 0 Å². The van der Waals surface area contributed by atoms with Crippen molar-refractivity contribution in [2.75, 3.05) is 7.05 Å². The second kappa shape index (κ2) is 11.7. The molecule has 2 amide bonds. The molecule has 9 heteroatoms. The molecule has 2 aromatic heterocycles. The number of hydrogen-bond acceptors (Lipinski definition) is 3. The third kappa shape index (κ3) is 5.99. The van der Waals surface area contributed by atoms with Crippen LogP contribution in [0.2, 0.25) is 0 Å². The number of carbonyl (C=O) groups excluding carboxylic acids is 2. The number of amides is 2. The van der Waals surface area contributed by atoms with E-state index in [0.29, 0.717) is 22.4 Å². The van der Waals surface area contributed by atoms with Crippen molar-refractivity contribution in [2.45, 2.75) is 25.8 Å². The standard InChI is InChI=1S/C32H27F3N4O2/c1-18-5-3-7-27-30(18)21(17-38-27)15-29(40)39-28(13-19-11-22(33)16-23(34)12-19)31-24(6-4-10-37-31)20-8-9-26(35)25(14-20)32(41)36-2/h3-12,14,16-17,28,38H,13,15H2,1-2H3,(H,36,41)(H,39,40)/t28-/m0/s1. The van der Waals surface area contributed by atoms with Crippen LogP contribution in [0.1, 0.15) is 38.8 Å². The molecule has 0 aliphatic heterocycles. The topological polar surface area (TPSA) is 86.9 Å². The number of aryl methyl sites for hydroxylation is 1. The molecule has 0 spiro atoms. The maximum Gasteiger partial charge on any atom is 0.254 e. The summed E-state index contributed by atoms with van der Waals surface area (Å²) in [5.41, 5.74) is 4.33. The molecule has 2 heterocycles. The maximum atomic E-state index is 14.4. The molecule has 0 bridgehead atoms. The number of halogens is 3. The molecule has 3 N–H and O–H groups in total. The Morgan fingerprint density at radius 1 is 0.976 bits per heavy atom. The van der Waals surface area contributed by atoms with Gasteiger partial charge in [0.15, 0.2) is 0 Å². The van der Waals surface area contributed by atoms with E-state index in [9.17, 15) is 22.8 Å². The smallest absolute Gasteiger partial charge is 0.254 e. The average molecular weight is 557 g/mol. The number of nitrogens with one attached hydrogen (secondary N) is 3. The lowest BCUT2D eigenvalue weighted by atomic mass is 9.94. The van der Waals surface area contributed by atoms with E-state index in [1.165, 1.54) is 43.6 Å². The summed E-state index contributed by atoms with van der Waals surface area (Å²) in [7, 11) is 1.41. The van der Waals surface area contributed by atoms with Gasteiger partial charge in [0.05, 0.1) is 23.7 Å². The van der Waals surface area contributed by atoms with Crippen LogP contribution in [-0.2, 0) is 17.6 Å². The number of aromatic amines is 1. The van der Waals surface area contributed by atoms with Crippen LogP contribution in [0.3, 0.4) is 0 Å². The molecule has 1 atom stereocenters. The summed E-state index contributed by atoms with van der Waals surface area (Å²) >= 11 is 0. The summed E-state index contributed by atoms with van der Waals surface area (Å²) in [5, 5.41) is 6.38. The van der Waals surface area contributed by atoms with Crippen LogP contribution in [0.4, 0.5) is 13.2 Å². The predicted molar refractivity (Wildman–Crippen MR) is 151 cm³/mol. The number of carbonyl (C=O) groups is 2. The van der Waals surface area contributed by atoms with Crippen molar-refractivity contribution >= 4 is 22.7 Å². The first kappa shape index (κ1) is 27.6. The minimum atomic E-state index is -0.806. The molecule has 41 heavy (non-hydrogen) atoms. The zero-order valence-electron chi connectivity index (χ0n) is 22.4. The summed E-state index contributed by atoms with van der Waals surface area (Å²) in [6.45, 7) is 1.97. The van der Waals surface area contributed by atoms with E-state index in [-0.39, 0.29) is 24.3 Å². The van der Waals surface area contributed by atoms with Crippen LogP contribution in [0.5, 0.6) is 0 Å². The van der Waals surface area contributed by atoms with Gasteiger partial charge in [-0.3, -0.25) is 14.6 Å². The third-order valence-electron chi connectivity index (χ3n) is 6.96. The van der Waals surface area contributed by atoms with Gasteiger partial charge in [-0.15, -0.1) is 0 Å². The van der Waals surface area contributed by atoms with Gasteiger partial charge in [-0.05, 0) is 72.0 Å². The first-order valence-corrected chi connectivity index (χ1v) is 13.0. The van der Waals surface area contributed by atoms with Crippen molar-refractivity contribution in [1.82, 2.24) is 20.6 Å². The molecule has 0 unspecified atom stereocenters. The second-order valence-electron chi connectivity index (χ2n) is 9.80. The molecule has 3 aromatic carbocycles. The van der Waals surface area contributed by atoms with Crippen molar-refractivity contribution in [3.63, 3.8) is 0 Å². The third-order valence-corrected chi connectivity index (χ3v) is 6.96. The molecule has 208 valence electrons. The molecule has 6 nitrogen and oxygen atoms in total. The van der Waals surface area contributed by atoms with E-state index in [2.05, 4.69) is 20.6 Å². The fourth-order valence-electron chi connectivity index (χ4n) is 5.13.